The van der Waals surface area contributed by atoms with Gasteiger partial charge in [0.25, 0.3) is 0 Å². The van der Waals surface area contributed by atoms with Crippen molar-refractivity contribution in [3.63, 3.8) is 0 Å². The van der Waals surface area contributed by atoms with Gasteiger partial charge in [-0.1, -0.05) is 25.5 Å². The van der Waals surface area contributed by atoms with E-state index in [1.165, 1.54) is 0 Å². The molecule has 5 heteroatoms. The number of benzene rings is 2. The molecule has 27 heavy (non-hydrogen) atoms. The van der Waals surface area contributed by atoms with Crippen LogP contribution in [0.1, 0.15) is 37.8 Å². The Labute approximate surface area is 159 Å². The van der Waals surface area contributed by atoms with E-state index in [1.54, 1.807) is 6.08 Å². The third-order valence-corrected chi connectivity index (χ3v) is 3.98. The molecule has 2 aromatic carbocycles. The Balaban J connectivity index is 1.71. The number of ether oxygens (including phenoxy) is 3. The van der Waals surface area contributed by atoms with Crippen molar-refractivity contribution in [2.24, 2.45) is 4.99 Å². The van der Waals surface area contributed by atoms with Gasteiger partial charge < -0.3 is 14.2 Å². The normalized spacial score (nSPS) is 14.8. The maximum absolute atomic E-state index is 12.1. The fourth-order valence-electron chi connectivity index (χ4n) is 2.55. The summed E-state index contributed by atoms with van der Waals surface area (Å²) in [5, 5.41) is 0. The number of nitrogens with zero attached hydrogens (tertiary/aromatic N) is 1. The summed E-state index contributed by atoms with van der Waals surface area (Å²) in [6.45, 7) is 5.37. The lowest BCUT2D eigenvalue weighted by Gasteiger charge is -2.05. The van der Waals surface area contributed by atoms with Gasteiger partial charge in [-0.15, -0.1) is 0 Å². The Morgan fingerprint density at radius 2 is 1.63 bits per heavy atom. The number of carbonyl (C=O) groups excluding carboxylic acids is 1. The van der Waals surface area contributed by atoms with Crippen LogP contribution in [-0.2, 0) is 9.53 Å². The summed E-state index contributed by atoms with van der Waals surface area (Å²) < 4.78 is 16.4. The molecule has 0 radical (unpaired) electrons. The molecule has 5 nitrogen and oxygen atoms in total. The first-order valence-electron chi connectivity index (χ1n) is 9.18. The van der Waals surface area contributed by atoms with Crippen LogP contribution in [0.5, 0.6) is 11.5 Å². The first-order valence-corrected chi connectivity index (χ1v) is 9.18. The van der Waals surface area contributed by atoms with Gasteiger partial charge >= 0.3 is 5.97 Å². The zero-order valence-electron chi connectivity index (χ0n) is 15.6. The molecule has 3 rings (SSSR count). The molecule has 0 fully saturated rings. The smallest absolute Gasteiger partial charge is 0.363 e. The van der Waals surface area contributed by atoms with Gasteiger partial charge in [0.1, 0.15) is 11.5 Å². The Kier molecular flexibility index (Phi) is 6.26. The standard InChI is InChI=1S/C22H23NO4/c1-3-5-14-26-19-12-8-17(9-13-19)21-23-20(22(24)27-21)15-16-6-10-18(11-7-16)25-4-2/h6-13,15H,3-5,14H2,1-2H3/b20-15-. The zero-order chi connectivity index (χ0) is 19.1. The van der Waals surface area contributed by atoms with E-state index < -0.39 is 5.97 Å². The van der Waals surface area contributed by atoms with E-state index >= 15 is 0 Å². The van der Waals surface area contributed by atoms with Crippen molar-refractivity contribution in [3.05, 3.63) is 65.4 Å². The Morgan fingerprint density at radius 1 is 0.963 bits per heavy atom. The lowest BCUT2D eigenvalue weighted by atomic mass is 10.2. The van der Waals surface area contributed by atoms with Gasteiger partial charge in [0.15, 0.2) is 5.70 Å². The first kappa shape index (κ1) is 18.7. The fourth-order valence-corrected chi connectivity index (χ4v) is 2.55. The van der Waals surface area contributed by atoms with Crippen LogP contribution in [0.2, 0.25) is 0 Å². The predicted octanol–water partition coefficient (Wildman–Crippen LogP) is 4.61. The number of unbranched alkanes of at least 4 members (excludes halogenated alkanes) is 1. The van der Waals surface area contributed by atoms with Crippen LogP contribution in [0.3, 0.4) is 0 Å². The zero-order valence-corrected chi connectivity index (χ0v) is 15.6. The van der Waals surface area contributed by atoms with Gasteiger partial charge in [-0.3, -0.25) is 0 Å². The van der Waals surface area contributed by atoms with Crippen LogP contribution >= 0.6 is 0 Å². The van der Waals surface area contributed by atoms with E-state index in [0.717, 1.165) is 35.5 Å². The molecule has 1 aliphatic rings. The second-order valence-corrected chi connectivity index (χ2v) is 6.06. The van der Waals surface area contributed by atoms with Crippen molar-refractivity contribution >= 4 is 17.9 Å². The van der Waals surface area contributed by atoms with Crippen molar-refractivity contribution < 1.29 is 19.0 Å². The lowest BCUT2D eigenvalue weighted by Crippen LogP contribution is -2.05. The molecule has 0 saturated carbocycles. The van der Waals surface area contributed by atoms with Gasteiger partial charge in [0, 0.05) is 5.56 Å². The van der Waals surface area contributed by atoms with Crippen molar-refractivity contribution in [2.45, 2.75) is 26.7 Å². The summed E-state index contributed by atoms with van der Waals surface area (Å²) in [4.78, 5) is 16.5. The first-order chi connectivity index (χ1) is 13.2. The highest BCUT2D eigenvalue weighted by Gasteiger charge is 2.24. The molecule has 140 valence electrons. The third-order valence-electron chi connectivity index (χ3n) is 3.98. The molecular weight excluding hydrogens is 342 g/mol. The minimum atomic E-state index is -0.456. The molecular formula is C22H23NO4. The highest BCUT2D eigenvalue weighted by atomic mass is 16.6. The highest BCUT2D eigenvalue weighted by molar-refractivity contribution is 6.12. The number of aliphatic imine (C=N–C) groups is 1. The second kappa shape index (κ2) is 9.03. The molecule has 2 aromatic rings. The van der Waals surface area contributed by atoms with Gasteiger partial charge in [-0.25, -0.2) is 9.79 Å². The summed E-state index contributed by atoms with van der Waals surface area (Å²) in [6, 6.07) is 14.9. The Hall–Kier alpha value is -3.08. The monoisotopic (exact) mass is 365 g/mol. The van der Waals surface area contributed by atoms with E-state index in [0.29, 0.717) is 19.1 Å². The second-order valence-electron chi connectivity index (χ2n) is 6.06. The molecule has 0 aromatic heterocycles. The van der Waals surface area contributed by atoms with Gasteiger partial charge in [-0.2, -0.15) is 0 Å². The van der Waals surface area contributed by atoms with Crippen LogP contribution < -0.4 is 9.47 Å². The molecule has 1 heterocycles. The quantitative estimate of drug-likeness (QED) is 0.389. The number of esters is 1. The molecule has 0 spiro atoms. The SMILES string of the molecule is CCCCOc1ccc(C2=N/C(=C\c3ccc(OCC)cc3)C(=O)O2)cc1. The van der Waals surface area contributed by atoms with Gasteiger partial charge in [0.05, 0.1) is 13.2 Å². The number of hydrogen-bond acceptors (Lipinski definition) is 5. The van der Waals surface area contributed by atoms with Crippen molar-refractivity contribution in [1.29, 1.82) is 0 Å². The van der Waals surface area contributed by atoms with E-state index in [2.05, 4.69) is 11.9 Å². The maximum atomic E-state index is 12.1. The molecule has 0 atom stereocenters. The molecule has 1 aliphatic heterocycles. The molecule has 0 aliphatic carbocycles. The van der Waals surface area contributed by atoms with E-state index in [9.17, 15) is 4.79 Å². The summed E-state index contributed by atoms with van der Waals surface area (Å²) in [7, 11) is 0. The molecule has 0 saturated heterocycles. The van der Waals surface area contributed by atoms with E-state index in [-0.39, 0.29) is 5.70 Å². The van der Waals surface area contributed by atoms with Crippen LogP contribution in [0.4, 0.5) is 0 Å². The van der Waals surface area contributed by atoms with Crippen molar-refractivity contribution in [1.82, 2.24) is 0 Å². The number of cyclic esters (lactones) is 1. The summed E-state index contributed by atoms with van der Waals surface area (Å²) in [5.74, 6) is 1.43. The van der Waals surface area contributed by atoms with Gasteiger partial charge in [0.2, 0.25) is 5.90 Å². The molecule has 0 amide bonds. The van der Waals surface area contributed by atoms with Crippen LogP contribution in [0.25, 0.3) is 6.08 Å². The predicted molar refractivity (Wildman–Crippen MR) is 105 cm³/mol. The highest BCUT2D eigenvalue weighted by Crippen LogP contribution is 2.22. The Morgan fingerprint density at radius 3 is 2.30 bits per heavy atom. The molecule has 0 N–H and O–H groups in total. The number of hydrogen-bond donors (Lipinski definition) is 0. The van der Waals surface area contributed by atoms with Crippen LogP contribution in [-0.4, -0.2) is 25.1 Å². The summed E-state index contributed by atoms with van der Waals surface area (Å²) in [6.07, 6.45) is 3.81. The number of carbonyl (C=O) groups is 1. The molecule has 0 bridgehead atoms. The minimum Gasteiger partial charge on any atom is -0.494 e. The topological polar surface area (TPSA) is 57.1 Å². The van der Waals surface area contributed by atoms with E-state index in [1.807, 2.05) is 55.5 Å². The lowest BCUT2D eigenvalue weighted by molar-refractivity contribution is -0.129. The van der Waals surface area contributed by atoms with Crippen LogP contribution in [0, 0.1) is 0 Å². The Bertz CT molecular complexity index is 836. The van der Waals surface area contributed by atoms with Crippen LogP contribution in [0.15, 0.2) is 59.2 Å². The maximum Gasteiger partial charge on any atom is 0.363 e. The largest absolute Gasteiger partial charge is 0.494 e. The van der Waals surface area contributed by atoms with Crippen molar-refractivity contribution in [2.75, 3.05) is 13.2 Å². The minimum absolute atomic E-state index is 0.275. The average molecular weight is 365 g/mol. The third kappa shape index (κ3) is 4.97. The average Bonchev–Trinajstić information content (AvgIpc) is 3.05. The molecule has 0 unspecified atom stereocenters. The fraction of sp³-hybridized carbons (Fsp3) is 0.273. The summed E-state index contributed by atoms with van der Waals surface area (Å²) in [5.41, 5.74) is 1.87. The van der Waals surface area contributed by atoms with Gasteiger partial charge in [-0.05, 0) is 61.4 Å². The number of rotatable bonds is 8. The summed E-state index contributed by atoms with van der Waals surface area (Å²) >= 11 is 0. The van der Waals surface area contributed by atoms with E-state index in [4.69, 9.17) is 14.2 Å². The van der Waals surface area contributed by atoms with Crippen molar-refractivity contribution in [3.8, 4) is 11.5 Å².